The van der Waals surface area contributed by atoms with E-state index in [2.05, 4.69) is 15.3 Å². The number of aromatic amines is 1. The zero-order chi connectivity index (χ0) is 17.9. The summed E-state index contributed by atoms with van der Waals surface area (Å²) in [6.07, 6.45) is 5.86. The highest BCUT2D eigenvalue weighted by Crippen LogP contribution is 2.22. The van der Waals surface area contributed by atoms with E-state index in [4.69, 9.17) is 0 Å². The highest BCUT2D eigenvalue weighted by molar-refractivity contribution is 5.89. The summed E-state index contributed by atoms with van der Waals surface area (Å²) in [7, 11) is 1.93. The van der Waals surface area contributed by atoms with Crippen LogP contribution in [0.2, 0.25) is 0 Å². The third kappa shape index (κ3) is 3.11. The van der Waals surface area contributed by atoms with Gasteiger partial charge in [-0.3, -0.25) is 4.79 Å². The molecule has 130 valence electrons. The molecule has 5 heteroatoms. The van der Waals surface area contributed by atoms with Gasteiger partial charge in [-0.1, -0.05) is 48.5 Å². The minimum Gasteiger partial charge on any atom is -0.361 e. The number of hydrogen-bond donors (Lipinski definition) is 2. The SMILES string of the molecule is Cn1ccnc1[C@@H](NC(=O)Cc1c[nH]c2ccccc12)c1ccccc1. The monoisotopic (exact) mass is 344 g/mol. The van der Waals surface area contributed by atoms with Gasteiger partial charge in [-0.15, -0.1) is 0 Å². The molecular formula is C21H20N4O. The molecule has 2 aromatic carbocycles. The Morgan fingerprint density at radius 1 is 1.15 bits per heavy atom. The van der Waals surface area contributed by atoms with Crippen LogP contribution < -0.4 is 5.32 Å². The van der Waals surface area contributed by atoms with Gasteiger partial charge in [0, 0.05) is 36.5 Å². The normalized spacial score (nSPS) is 12.2. The van der Waals surface area contributed by atoms with Gasteiger partial charge in [0.25, 0.3) is 0 Å². The molecule has 2 heterocycles. The van der Waals surface area contributed by atoms with E-state index in [0.29, 0.717) is 6.42 Å². The number of aryl methyl sites for hydroxylation is 1. The summed E-state index contributed by atoms with van der Waals surface area (Å²) in [5.41, 5.74) is 3.04. The minimum atomic E-state index is -0.283. The first-order valence-corrected chi connectivity index (χ1v) is 8.59. The quantitative estimate of drug-likeness (QED) is 0.583. The van der Waals surface area contributed by atoms with Crippen molar-refractivity contribution < 1.29 is 4.79 Å². The fourth-order valence-corrected chi connectivity index (χ4v) is 3.26. The van der Waals surface area contributed by atoms with Crippen LogP contribution in [-0.2, 0) is 18.3 Å². The van der Waals surface area contributed by atoms with E-state index in [0.717, 1.165) is 27.9 Å². The molecule has 0 bridgehead atoms. The van der Waals surface area contributed by atoms with Crippen LogP contribution in [-0.4, -0.2) is 20.4 Å². The van der Waals surface area contributed by atoms with Crippen molar-refractivity contribution in [1.29, 1.82) is 0 Å². The van der Waals surface area contributed by atoms with Crippen LogP contribution >= 0.6 is 0 Å². The van der Waals surface area contributed by atoms with Crippen molar-refractivity contribution in [2.24, 2.45) is 7.05 Å². The molecule has 4 aromatic rings. The largest absolute Gasteiger partial charge is 0.361 e. The van der Waals surface area contributed by atoms with Crippen LogP contribution in [0.3, 0.4) is 0 Å². The molecule has 0 fully saturated rings. The number of aromatic nitrogens is 3. The Balaban J connectivity index is 1.59. The van der Waals surface area contributed by atoms with E-state index in [1.165, 1.54) is 0 Å². The summed E-state index contributed by atoms with van der Waals surface area (Å²) >= 11 is 0. The number of carbonyl (C=O) groups is 1. The Bertz CT molecular complexity index is 1030. The van der Waals surface area contributed by atoms with Crippen molar-refractivity contribution in [1.82, 2.24) is 19.9 Å². The molecule has 0 radical (unpaired) electrons. The van der Waals surface area contributed by atoms with Crippen molar-refractivity contribution in [3.05, 3.63) is 90.1 Å². The van der Waals surface area contributed by atoms with Gasteiger partial charge in [0.05, 0.1) is 6.42 Å². The molecule has 0 unspecified atom stereocenters. The summed E-state index contributed by atoms with van der Waals surface area (Å²) in [5, 5.41) is 4.22. The molecule has 0 saturated heterocycles. The predicted octanol–water partition coefficient (Wildman–Crippen LogP) is 3.35. The summed E-state index contributed by atoms with van der Waals surface area (Å²) < 4.78 is 1.93. The predicted molar refractivity (Wildman–Crippen MR) is 102 cm³/mol. The van der Waals surface area contributed by atoms with Gasteiger partial charge < -0.3 is 14.9 Å². The molecule has 4 rings (SSSR count). The number of benzene rings is 2. The molecule has 0 aliphatic rings. The lowest BCUT2D eigenvalue weighted by atomic mass is 10.0. The lowest BCUT2D eigenvalue weighted by Crippen LogP contribution is -2.32. The van der Waals surface area contributed by atoms with Gasteiger partial charge in [0.15, 0.2) is 0 Å². The number of carbonyl (C=O) groups excluding carboxylic acids is 1. The van der Waals surface area contributed by atoms with Crippen LogP contribution in [0.25, 0.3) is 10.9 Å². The summed E-state index contributed by atoms with van der Waals surface area (Å²) in [5.74, 6) is 0.773. The molecule has 2 N–H and O–H groups in total. The van der Waals surface area contributed by atoms with Crippen LogP contribution in [0.1, 0.15) is 23.0 Å². The van der Waals surface area contributed by atoms with Crippen molar-refractivity contribution >= 4 is 16.8 Å². The molecule has 5 nitrogen and oxygen atoms in total. The van der Waals surface area contributed by atoms with Gasteiger partial charge in [-0.05, 0) is 17.2 Å². The Kier molecular flexibility index (Phi) is 4.27. The van der Waals surface area contributed by atoms with Gasteiger partial charge in [0.2, 0.25) is 5.91 Å². The van der Waals surface area contributed by atoms with Crippen LogP contribution in [0, 0.1) is 0 Å². The number of fused-ring (bicyclic) bond motifs is 1. The Morgan fingerprint density at radius 2 is 1.92 bits per heavy atom. The highest BCUT2D eigenvalue weighted by Gasteiger charge is 2.21. The lowest BCUT2D eigenvalue weighted by Gasteiger charge is -2.19. The number of H-pyrrole nitrogens is 1. The summed E-state index contributed by atoms with van der Waals surface area (Å²) in [4.78, 5) is 20.4. The number of amides is 1. The molecule has 1 amide bonds. The van der Waals surface area contributed by atoms with Crippen molar-refractivity contribution in [3.8, 4) is 0 Å². The fourth-order valence-electron chi connectivity index (χ4n) is 3.26. The average molecular weight is 344 g/mol. The third-order valence-electron chi connectivity index (χ3n) is 4.58. The van der Waals surface area contributed by atoms with Gasteiger partial charge in [-0.2, -0.15) is 0 Å². The number of imidazole rings is 1. The van der Waals surface area contributed by atoms with Crippen LogP contribution in [0.4, 0.5) is 0 Å². The Morgan fingerprint density at radius 3 is 2.69 bits per heavy atom. The smallest absolute Gasteiger partial charge is 0.225 e. The zero-order valence-corrected chi connectivity index (χ0v) is 14.5. The molecule has 26 heavy (non-hydrogen) atoms. The number of nitrogens with one attached hydrogen (secondary N) is 2. The second-order valence-corrected chi connectivity index (χ2v) is 6.34. The Labute approximate surface area is 151 Å². The average Bonchev–Trinajstić information content (AvgIpc) is 3.27. The van der Waals surface area contributed by atoms with Gasteiger partial charge in [0.1, 0.15) is 11.9 Å². The van der Waals surface area contributed by atoms with Crippen LogP contribution in [0.15, 0.2) is 73.2 Å². The number of hydrogen-bond acceptors (Lipinski definition) is 2. The third-order valence-corrected chi connectivity index (χ3v) is 4.58. The van der Waals surface area contributed by atoms with Crippen molar-refractivity contribution in [2.45, 2.75) is 12.5 Å². The maximum absolute atomic E-state index is 12.8. The Hall–Kier alpha value is -3.34. The minimum absolute atomic E-state index is 0.0355. The lowest BCUT2D eigenvalue weighted by molar-refractivity contribution is -0.121. The van der Waals surface area contributed by atoms with E-state index in [-0.39, 0.29) is 11.9 Å². The summed E-state index contributed by atoms with van der Waals surface area (Å²) in [6, 6.07) is 17.6. The molecule has 0 aliphatic carbocycles. The molecule has 0 spiro atoms. The topological polar surface area (TPSA) is 62.7 Å². The van der Waals surface area contributed by atoms with Crippen LogP contribution in [0.5, 0.6) is 0 Å². The van der Waals surface area contributed by atoms with Gasteiger partial charge >= 0.3 is 0 Å². The van der Waals surface area contributed by atoms with Crippen molar-refractivity contribution in [3.63, 3.8) is 0 Å². The fraction of sp³-hybridized carbons (Fsp3) is 0.143. The molecule has 1 atom stereocenters. The first-order valence-electron chi connectivity index (χ1n) is 8.59. The molecule has 0 saturated carbocycles. The second-order valence-electron chi connectivity index (χ2n) is 6.34. The first-order chi connectivity index (χ1) is 12.7. The number of nitrogens with zero attached hydrogens (tertiary/aromatic N) is 2. The van der Waals surface area contributed by atoms with Gasteiger partial charge in [-0.25, -0.2) is 4.98 Å². The number of rotatable bonds is 5. The highest BCUT2D eigenvalue weighted by atomic mass is 16.1. The van der Waals surface area contributed by atoms with Crippen molar-refractivity contribution in [2.75, 3.05) is 0 Å². The maximum atomic E-state index is 12.8. The first kappa shape index (κ1) is 16.1. The number of para-hydroxylation sites is 1. The summed E-state index contributed by atoms with van der Waals surface area (Å²) in [6.45, 7) is 0. The molecule has 2 aromatic heterocycles. The van der Waals surface area contributed by atoms with E-state index < -0.39 is 0 Å². The van der Waals surface area contributed by atoms with E-state index in [9.17, 15) is 4.79 Å². The van der Waals surface area contributed by atoms with E-state index in [1.807, 2.05) is 78.6 Å². The molecule has 0 aliphatic heterocycles. The maximum Gasteiger partial charge on any atom is 0.225 e. The zero-order valence-electron chi connectivity index (χ0n) is 14.5. The van der Waals surface area contributed by atoms with E-state index >= 15 is 0 Å². The standard InChI is InChI=1S/C21H20N4O/c1-25-12-11-22-21(25)20(15-7-3-2-4-8-15)24-19(26)13-16-14-23-18-10-6-5-9-17(16)18/h2-12,14,20,23H,13H2,1H3,(H,24,26)/t20-/m0/s1. The second kappa shape index (κ2) is 6.88. The molecular weight excluding hydrogens is 324 g/mol. The van der Waals surface area contributed by atoms with E-state index in [1.54, 1.807) is 6.20 Å².